The first-order valence-corrected chi connectivity index (χ1v) is 13.4. The number of rotatable bonds is 10. The van der Waals surface area contributed by atoms with E-state index in [1.807, 2.05) is 6.07 Å². The molecule has 1 aliphatic rings. The van der Waals surface area contributed by atoms with E-state index in [2.05, 4.69) is 5.32 Å². The van der Waals surface area contributed by atoms with Crippen molar-refractivity contribution in [3.05, 3.63) is 64.7 Å². The lowest BCUT2D eigenvalue weighted by Crippen LogP contribution is -2.56. The van der Waals surface area contributed by atoms with Crippen LogP contribution in [0.5, 0.6) is 0 Å². The topological polar surface area (TPSA) is 159 Å². The Morgan fingerprint density at radius 2 is 1.75 bits per heavy atom. The summed E-state index contributed by atoms with van der Waals surface area (Å²) in [5.74, 6) is -3.24. The molecule has 0 aromatic heterocycles. The van der Waals surface area contributed by atoms with Gasteiger partial charge in [-0.15, -0.1) is 0 Å². The van der Waals surface area contributed by atoms with Crippen LogP contribution in [0.1, 0.15) is 62.4 Å². The Kier molecular flexibility index (Phi) is 9.81. The second-order valence-electron chi connectivity index (χ2n) is 11.1. The van der Waals surface area contributed by atoms with E-state index in [1.54, 1.807) is 51.1 Å². The monoisotopic (exact) mass is 573 g/mol. The highest BCUT2D eigenvalue weighted by Gasteiger charge is 2.47. The summed E-state index contributed by atoms with van der Waals surface area (Å²) in [5.41, 5.74) is 6.30. The maximum atomic E-state index is 13.2. The Balaban J connectivity index is 1.81. The number of halogens is 1. The van der Waals surface area contributed by atoms with Crippen LogP contribution in [0.4, 0.5) is 5.69 Å². The minimum absolute atomic E-state index is 0.0609. The second kappa shape index (κ2) is 12.7. The SMILES string of the molecule is CC(C)(C)OC(=O)C(N)C1(c2cccc(Cl)c2)CCC(N(CC(=O)O)C(=O)CNc2cccc(C(=O)O)c2)CC1. The van der Waals surface area contributed by atoms with Gasteiger partial charge in [0.2, 0.25) is 5.91 Å². The molecule has 10 nitrogen and oxygen atoms in total. The van der Waals surface area contributed by atoms with E-state index in [4.69, 9.17) is 22.1 Å². The summed E-state index contributed by atoms with van der Waals surface area (Å²) in [6.45, 7) is 4.58. The van der Waals surface area contributed by atoms with Crippen molar-refractivity contribution >= 4 is 41.1 Å². The van der Waals surface area contributed by atoms with Crippen LogP contribution in [-0.2, 0) is 24.5 Å². The molecular formula is C29H36ClN3O7. The van der Waals surface area contributed by atoms with Crippen LogP contribution in [0.3, 0.4) is 0 Å². The summed E-state index contributed by atoms with van der Waals surface area (Å²) in [7, 11) is 0. The van der Waals surface area contributed by atoms with Crippen molar-refractivity contribution in [2.75, 3.05) is 18.4 Å². The van der Waals surface area contributed by atoms with Crippen molar-refractivity contribution in [2.45, 2.75) is 69.6 Å². The van der Waals surface area contributed by atoms with Crippen LogP contribution in [0.2, 0.25) is 5.02 Å². The number of aliphatic carboxylic acids is 1. The molecule has 1 unspecified atom stereocenters. The zero-order chi connectivity index (χ0) is 29.7. The maximum absolute atomic E-state index is 13.2. The molecule has 0 radical (unpaired) electrons. The maximum Gasteiger partial charge on any atom is 0.335 e. The van der Waals surface area contributed by atoms with Crippen molar-refractivity contribution in [2.24, 2.45) is 5.73 Å². The number of aromatic carboxylic acids is 1. The minimum Gasteiger partial charge on any atom is -0.480 e. The van der Waals surface area contributed by atoms with E-state index in [0.717, 1.165) is 5.56 Å². The van der Waals surface area contributed by atoms with E-state index in [9.17, 15) is 29.4 Å². The minimum atomic E-state index is -1.15. The number of hydrogen-bond acceptors (Lipinski definition) is 7. The predicted octanol–water partition coefficient (Wildman–Crippen LogP) is 3.91. The normalized spacial score (nSPS) is 19.8. The van der Waals surface area contributed by atoms with Gasteiger partial charge in [-0.1, -0.05) is 29.8 Å². The highest BCUT2D eigenvalue weighted by atomic mass is 35.5. The van der Waals surface area contributed by atoms with E-state index in [1.165, 1.54) is 17.0 Å². The fourth-order valence-electron chi connectivity index (χ4n) is 5.21. The van der Waals surface area contributed by atoms with Gasteiger partial charge < -0.3 is 30.9 Å². The third-order valence-electron chi connectivity index (χ3n) is 7.12. The van der Waals surface area contributed by atoms with Crippen LogP contribution >= 0.6 is 11.6 Å². The van der Waals surface area contributed by atoms with Gasteiger partial charge >= 0.3 is 17.9 Å². The molecular weight excluding hydrogens is 538 g/mol. The summed E-state index contributed by atoms with van der Waals surface area (Å²) in [6.07, 6.45) is 1.60. The van der Waals surface area contributed by atoms with Crippen molar-refractivity contribution in [3.63, 3.8) is 0 Å². The highest BCUT2D eigenvalue weighted by molar-refractivity contribution is 6.30. The van der Waals surface area contributed by atoms with Gasteiger partial charge in [0, 0.05) is 22.2 Å². The molecule has 0 aliphatic heterocycles. The molecule has 5 N–H and O–H groups in total. The summed E-state index contributed by atoms with van der Waals surface area (Å²) < 4.78 is 5.61. The van der Waals surface area contributed by atoms with Gasteiger partial charge in [-0.2, -0.15) is 0 Å². The van der Waals surface area contributed by atoms with Gasteiger partial charge in [0.05, 0.1) is 12.1 Å². The van der Waals surface area contributed by atoms with Crippen LogP contribution in [0.15, 0.2) is 48.5 Å². The molecule has 1 saturated carbocycles. The van der Waals surface area contributed by atoms with Crippen molar-refractivity contribution in [1.82, 2.24) is 4.90 Å². The summed E-state index contributed by atoms with van der Waals surface area (Å²) in [5, 5.41) is 22.1. The molecule has 0 bridgehead atoms. The number of anilines is 1. The highest BCUT2D eigenvalue weighted by Crippen LogP contribution is 2.44. The first-order chi connectivity index (χ1) is 18.7. The zero-order valence-electron chi connectivity index (χ0n) is 22.9. The lowest BCUT2D eigenvalue weighted by atomic mass is 9.63. The van der Waals surface area contributed by atoms with Gasteiger partial charge in [0.25, 0.3) is 0 Å². The standard InChI is InChI=1S/C29H36ClN3O7/c1-28(2,3)40-27(39)25(31)29(19-7-5-8-20(30)15-19)12-10-22(11-13-29)33(17-24(35)36)23(34)16-32-21-9-4-6-18(14-21)26(37)38/h4-9,14-15,22,25,32H,10-13,16-17,31H2,1-3H3,(H,35,36)(H,37,38). The van der Waals surface area contributed by atoms with Crippen LogP contribution in [-0.4, -0.2) is 69.7 Å². The molecule has 2 aromatic rings. The van der Waals surface area contributed by atoms with Crippen LogP contribution in [0.25, 0.3) is 0 Å². The number of carbonyl (C=O) groups excluding carboxylic acids is 2. The molecule has 40 heavy (non-hydrogen) atoms. The molecule has 2 aromatic carbocycles. The number of ether oxygens (including phenoxy) is 1. The number of esters is 1. The van der Waals surface area contributed by atoms with Crippen molar-refractivity contribution < 1.29 is 34.1 Å². The van der Waals surface area contributed by atoms with E-state index < -0.39 is 53.5 Å². The molecule has 0 heterocycles. The Bertz CT molecular complexity index is 1250. The van der Waals surface area contributed by atoms with Gasteiger partial charge in [-0.25, -0.2) is 4.79 Å². The van der Waals surface area contributed by atoms with E-state index in [0.29, 0.717) is 36.4 Å². The molecule has 1 fully saturated rings. The number of nitrogens with two attached hydrogens (primary N) is 1. The molecule has 216 valence electrons. The number of hydrogen-bond donors (Lipinski definition) is 4. The number of nitrogens with zero attached hydrogens (tertiary/aromatic N) is 1. The number of carboxylic acid groups (broad SMARTS) is 2. The quantitative estimate of drug-likeness (QED) is 0.309. The largest absolute Gasteiger partial charge is 0.480 e. The third-order valence-corrected chi connectivity index (χ3v) is 7.36. The van der Waals surface area contributed by atoms with Crippen molar-refractivity contribution in [3.8, 4) is 0 Å². The smallest absolute Gasteiger partial charge is 0.335 e. The van der Waals surface area contributed by atoms with Gasteiger partial charge in [0.1, 0.15) is 18.2 Å². The number of benzene rings is 2. The average molecular weight is 574 g/mol. The fraction of sp³-hybridized carbons (Fsp3) is 0.448. The molecule has 0 saturated heterocycles. The Labute approximate surface area is 238 Å². The Morgan fingerprint density at radius 3 is 2.33 bits per heavy atom. The number of carbonyl (C=O) groups is 4. The summed E-state index contributed by atoms with van der Waals surface area (Å²) >= 11 is 6.29. The van der Waals surface area contributed by atoms with E-state index >= 15 is 0 Å². The Morgan fingerprint density at radius 1 is 1.10 bits per heavy atom. The van der Waals surface area contributed by atoms with Crippen molar-refractivity contribution in [1.29, 1.82) is 0 Å². The lowest BCUT2D eigenvalue weighted by molar-refractivity contribution is -0.159. The Hall–Kier alpha value is -3.63. The van der Waals surface area contributed by atoms with Crippen LogP contribution in [0, 0.1) is 0 Å². The van der Waals surface area contributed by atoms with Gasteiger partial charge in [0.15, 0.2) is 0 Å². The molecule has 3 rings (SSSR count). The second-order valence-corrected chi connectivity index (χ2v) is 11.5. The fourth-order valence-corrected chi connectivity index (χ4v) is 5.40. The average Bonchev–Trinajstić information content (AvgIpc) is 2.89. The molecule has 0 spiro atoms. The molecule has 1 amide bonds. The van der Waals surface area contributed by atoms with E-state index in [-0.39, 0.29) is 12.1 Å². The van der Waals surface area contributed by atoms with Gasteiger partial charge in [-0.05, 0) is 82.3 Å². The summed E-state index contributed by atoms with van der Waals surface area (Å²) in [4.78, 5) is 50.6. The summed E-state index contributed by atoms with van der Waals surface area (Å²) in [6, 6.07) is 11.8. The molecule has 1 atom stereocenters. The first kappa shape index (κ1) is 30.9. The van der Waals surface area contributed by atoms with Crippen LogP contribution < -0.4 is 11.1 Å². The third kappa shape index (κ3) is 7.73. The number of amides is 1. The number of carboxylic acids is 2. The number of nitrogens with one attached hydrogen (secondary N) is 1. The lowest BCUT2D eigenvalue weighted by Gasteiger charge is -2.46. The zero-order valence-corrected chi connectivity index (χ0v) is 23.6. The molecule has 1 aliphatic carbocycles. The predicted molar refractivity (Wildman–Crippen MR) is 150 cm³/mol. The molecule has 11 heteroatoms. The first-order valence-electron chi connectivity index (χ1n) is 13.0. The van der Waals surface area contributed by atoms with Gasteiger partial charge in [-0.3, -0.25) is 14.4 Å².